The highest BCUT2D eigenvalue weighted by Crippen LogP contribution is 2.31. The maximum Gasteiger partial charge on any atom is 0.349 e. The first-order valence-corrected chi connectivity index (χ1v) is 10.8. The molecule has 4 aromatic rings. The molecule has 0 spiro atoms. The quantitative estimate of drug-likeness (QED) is 0.439. The van der Waals surface area contributed by atoms with Gasteiger partial charge in [-0.3, -0.25) is 4.79 Å². The van der Waals surface area contributed by atoms with Crippen LogP contribution in [0.2, 0.25) is 0 Å². The molecule has 0 bridgehead atoms. The van der Waals surface area contributed by atoms with E-state index in [9.17, 15) is 9.59 Å². The van der Waals surface area contributed by atoms with Crippen LogP contribution in [0.3, 0.4) is 0 Å². The molecule has 0 fully saturated rings. The van der Waals surface area contributed by atoms with Gasteiger partial charge in [0.1, 0.15) is 9.71 Å². The SMILES string of the molecule is Cc1cccc(C)c1NC(=O)C(C)OC(=O)c1cc2c(C)nn(-c3ccccc3)c2s1. The maximum absolute atomic E-state index is 12.8. The summed E-state index contributed by atoms with van der Waals surface area (Å²) in [6.07, 6.45) is -0.927. The van der Waals surface area contributed by atoms with Gasteiger partial charge >= 0.3 is 5.97 Å². The topological polar surface area (TPSA) is 73.2 Å². The lowest BCUT2D eigenvalue weighted by molar-refractivity contribution is -0.123. The zero-order valence-electron chi connectivity index (χ0n) is 17.8. The monoisotopic (exact) mass is 433 g/mol. The minimum absolute atomic E-state index is 0.362. The highest BCUT2D eigenvalue weighted by Gasteiger charge is 2.23. The number of ether oxygens (including phenoxy) is 1. The van der Waals surface area contributed by atoms with Crippen molar-refractivity contribution in [2.75, 3.05) is 5.32 Å². The van der Waals surface area contributed by atoms with Crippen LogP contribution >= 0.6 is 11.3 Å². The third-order valence-corrected chi connectivity index (χ3v) is 6.22. The molecule has 2 aromatic heterocycles. The van der Waals surface area contributed by atoms with E-state index in [1.54, 1.807) is 13.0 Å². The molecule has 158 valence electrons. The van der Waals surface area contributed by atoms with E-state index in [4.69, 9.17) is 4.74 Å². The summed E-state index contributed by atoms with van der Waals surface area (Å²) in [6.45, 7) is 7.33. The van der Waals surface area contributed by atoms with Gasteiger partial charge < -0.3 is 10.1 Å². The number of esters is 1. The Labute approximate surface area is 184 Å². The molecular weight excluding hydrogens is 410 g/mol. The largest absolute Gasteiger partial charge is 0.448 e. The lowest BCUT2D eigenvalue weighted by Gasteiger charge is -2.15. The van der Waals surface area contributed by atoms with Gasteiger partial charge in [-0.25, -0.2) is 9.48 Å². The maximum atomic E-state index is 12.8. The summed E-state index contributed by atoms with van der Waals surface area (Å²) in [5.74, 6) is -0.886. The van der Waals surface area contributed by atoms with Crippen molar-refractivity contribution in [1.29, 1.82) is 0 Å². The predicted octanol–water partition coefficient (Wildman–Crippen LogP) is 5.20. The second kappa shape index (κ2) is 8.35. The van der Waals surface area contributed by atoms with E-state index in [0.29, 0.717) is 4.88 Å². The van der Waals surface area contributed by atoms with Crippen molar-refractivity contribution in [3.63, 3.8) is 0 Å². The molecule has 0 saturated heterocycles. The Balaban J connectivity index is 1.52. The number of carbonyl (C=O) groups excluding carboxylic acids is 2. The second-order valence-electron chi connectivity index (χ2n) is 7.47. The molecule has 1 unspecified atom stereocenters. The number of fused-ring (bicyclic) bond motifs is 1. The van der Waals surface area contributed by atoms with E-state index < -0.39 is 12.1 Å². The number of carbonyl (C=O) groups is 2. The Hall–Kier alpha value is -3.45. The molecule has 0 aliphatic rings. The number of para-hydroxylation sites is 2. The molecule has 0 aliphatic carbocycles. The summed E-state index contributed by atoms with van der Waals surface area (Å²) in [6, 6.07) is 17.3. The van der Waals surface area contributed by atoms with E-state index in [1.165, 1.54) is 11.3 Å². The molecule has 0 radical (unpaired) electrons. The zero-order chi connectivity index (χ0) is 22.1. The Kier molecular flexibility index (Phi) is 5.61. The minimum atomic E-state index is -0.927. The van der Waals surface area contributed by atoms with Crippen LogP contribution < -0.4 is 5.32 Å². The summed E-state index contributed by atoms with van der Waals surface area (Å²) in [5.41, 5.74) is 4.41. The lowest BCUT2D eigenvalue weighted by atomic mass is 10.1. The summed E-state index contributed by atoms with van der Waals surface area (Å²) >= 11 is 1.30. The fourth-order valence-corrected chi connectivity index (χ4v) is 4.47. The molecule has 1 amide bonds. The smallest absolute Gasteiger partial charge is 0.349 e. The van der Waals surface area contributed by atoms with Crippen molar-refractivity contribution in [2.45, 2.75) is 33.8 Å². The summed E-state index contributed by atoms with van der Waals surface area (Å²) in [4.78, 5) is 26.7. The molecule has 7 heteroatoms. The van der Waals surface area contributed by atoms with Crippen LogP contribution in [0, 0.1) is 20.8 Å². The van der Waals surface area contributed by atoms with Crippen molar-refractivity contribution in [3.05, 3.63) is 76.3 Å². The first-order valence-electron chi connectivity index (χ1n) is 9.98. The Morgan fingerprint density at radius 3 is 2.39 bits per heavy atom. The molecule has 1 N–H and O–H groups in total. The Bertz CT molecular complexity index is 1250. The van der Waals surface area contributed by atoms with Crippen LogP contribution in [0.1, 0.15) is 33.4 Å². The summed E-state index contributed by atoms with van der Waals surface area (Å²) in [5, 5.41) is 8.35. The van der Waals surface area contributed by atoms with Crippen molar-refractivity contribution in [3.8, 4) is 5.69 Å². The normalized spacial score (nSPS) is 12.0. The van der Waals surface area contributed by atoms with Crippen LogP contribution in [0.15, 0.2) is 54.6 Å². The van der Waals surface area contributed by atoms with Crippen molar-refractivity contribution in [1.82, 2.24) is 9.78 Å². The molecule has 2 aromatic carbocycles. The highest BCUT2D eigenvalue weighted by atomic mass is 32.1. The van der Waals surface area contributed by atoms with Crippen LogP contribution in [0.4, 0.5) is 5.69 Å². The van der Waals surface area contributed by atoms with Crippen LogP contribution in [-0.4, -0.2) is 27.8 Å². The molecular formula is C24H23N3O3S. The van der Waals surface area contributed by atoms with E-state index >= 15 is 0 Å². The van der Waals surface area contributed by atoms with E-state index in [1.807, 2.05) is 74.0 Å². The number of benzene rings is 2. The van der Waals surface area contributed by atoms with Crippen LogP contribution in [0.25, 0.3) is 15.9 Å². The van der Waals surface area contributed by atoms with Crippen molar-refractivity contribution >= 4 is 39.1 Å². The molecule has 0 aliphatic heterocycles. The lowest BCUT2D eigenvalue weighted by Crippen LogP contribution is -2.30. The van der Waals surface area contributed by atoms with Gasteiger partial charge in [-0.05, 0) is 57.0 Å². The first-order chi connectivity index (χ1) is 14.8. The van der Waals surface area contributed by atoms with Gasteiger partial charge in [-0.2, -0.15) is 5.10 Å². The number of rotatable bonds is 5. The second-order valence-corrected chi connectivity index (χ2v) is 8.50. The fraction of sp³-hybridized carbons (Fsp3) is 0.208. The van der Waals surface area contributed by atoms with Gasteiger partial charge in [0.2, 0.25) is 0 Å². The summed E-state index contributed by atoms with van der Waals surface area (Å²) < 4.78 is 7.29. The van der Waals surface area contributed by atoms with Gasteiger partial charge in [0.25, 0.3) is 5.91 Å². The molecule has 2 heterocycles. The van der Waals surface area contributed by atoms with Gasteiger partial charge in [0.15, 0.2) is 6.10 Å². The summed E-state index contributed by atoms with van der Waals surface area (Å²) in [7, 11) is 0. The number of nitrogens with zero attached hydrogens (tertiary/aromatic N) is 2. The molecule has 0 saturated carbocycles. The van der Waals surface area contributed by atoms with Gasteiger partial charge in [-0.1, -0.05) is 36.4 Å². The zero-order valence-corrected chi connectivity index (χ0v) is 18.6. The standard InChI is InChI=1S/C24H23N3O3S/c1-14-9-8-10-15(2)21(14)25-22(28)17(4)30-24(29)20-13-19-16(3)26-27(23(19)31-20)18-11-6-5-7-12-18/h5-13,17H,1-4H3,(H,25,28). The third kappa shape index (κ3) is 4.09. The molecule has 4 rings (SSSR count). The molecule has 1 atom stereocenters. The Morgan fingerprint density at radius 2 is 1.71 bits per heavy atom. The average Bonchev–Trinajstić information content (AvgIpc) is 3.32. The number of anilines is 1. The Morgan fingerprint density at radius 1 is 1.03 bits per heavy atom. The van der Waals surface area contributed by atoms with Crippen molar-refractivity contribution in [2.24, 2.45) is 0 Å². The number of aromatic nitrogens is 2. The molecule has 31 heavy (non-hydrogen) atoms. The molecule has 6 nitrogen and oxygen atoms in total. The first kappa shape index (κ1) is 20.8. The van der Waals surface area contributed by atoms with Crippen LogP contribution in [-0.2, 0) is 9.53 Å². The van der Waals surface area contributed by atoms with Gasteiger partial charge in [0.05, 0.1) is 11.4 Å². The van der Waals surface area contributed by atoms with Crippen molar-refractivity contribution < 1.29 is 14.3 Å². The van der Waals surface area contributed by atoms with E-state index in [-0.39, 0.29) is 5.91 Å². The predicted molar refractivity (Wildman–Crippen MR) is 123 cm³/mol. The van der Waals surface area contributed by atoms with Gasteiger partial charge in [-0.15, -0.1) is 11.3 Å². The number of hydrogen-bond acceptors (Lipinski definition) is 5. The third-order valence-electron chi connectivity index (χ3n) is 5.13. The highest BCUT2D eigenvalue weighted by molar-refractivity contribution is 7.20. The number of nitrogens with one attached hydrogen (secondary N) is 1. The minimum Gasteiger partial charge on any atom is -0.448 e. The average molecular weight is 434 g/mol. The number of aryl methyl sites for hydroxylation is 3. The van der Waals surface area contributed by atoms with E-state index in [0.717, 1.165) is 38.4 Å². The number of thiophene rings is 1. The fourth-order valence-electron chi connectivity index (χ4n) is 3.40. The van der Waals surface area contributed by atoms with Gasteiger partial charge in [0, 0.05) is 11.1 Å². The number of hydrogen-bond donors (Lipinski definition) is 1. The van der Waals surface area contributed by atoms with E-state index in [2.05, 4.69) is 10.4 Å². The number of amides is 1. The van der Waals surface area contributed by atoms with Crippen LogP contribution in [0.5, 0.6) is 0 Å².